The molecule has 37 heavy (non-hydrogen) atoms. The van der Waals surface area contributed by atoms with Crippen molar-refractivity contribution in [2.75, 3.05) is 31.9 Å². The van der Waals surface area contributed by atoms with E-state index in [-0.39, 0.29) is 15.0 Å². The van der Waals surface area contributed by atoms with Crippen LogP contribution in [0.15, 0.2) is 46.3 Å². The summed E-state index contributed by atoms with van der Waals surface area (Å²) in [7, 11) is -2.06. The lowest BCUT2D eigenvalue weighted by Gasteiger charge is -2.12. The average molecular weight is 543 g/mol. The number of benzene rings is 2. The number of carbonyl (C=O) groups is 1. The van der Waals surface area contributed by atoms with Gasteiger partial charge in [-0.3, -0.25) is 10.1 Å². The van der Waals surface area contributed by atoms with E-state index in [2.05, 4.69) is 21.6 Å². The highest BCUT2D eigenvalue weighted by molar-refractivity contribution is 7.92. The van der Waals surface area contributed by atoms with Gasteiger partial charge in [0.25, 0.3) is 5.91 Å². The average Bonchev–Trinajstić information content (AvgIpc) is 3.31. The topological polar surface area (TPSA) is 140 Å². The maximum atomic E-state index is 12.5. The summed E-state index contributed by atoms with van der Waals surface area (Å²) in [5.74, 6) is 1.02. The molecule has 3 rings (SSSR count). The van der Waals surface area contributed by atoms with Crippen LogP contribution in [0.4, 0.5) is 5.13 Å². The van der Waals surface area contributed by atoms with E-state index in [0.29, 0.717) is 48.0 Å². The highest BCUT2D eigenvalue weighted by Crippen LogP contribution is 2.29. The number of carbonyl (C=O) groups excluding carboxylic acids is 1. The van der Waals surface area contributed by atoms with Gasteiger partial charge < -0.3 is 14.2 Å². The zero-order chi connectivity index (χ0) is 27.0. The Balaban J connectivity index is 1.59. The Kier molecular flexibility index (Phi) is 9.21. The van der Waals surface area contributed by atoms with Crippen LogP contribution in [0.5, 0.6) is 17.2 Å². The summed E-state index contributed by atoms with van der Waals surface area (Å²) in [6, 6.07) is 12.9. The summed E-state index contributed by atoms with van der Waals surface area (Å²) >= 11 is 0.697. The lowest BCUT2D eigenvalue weighted by atomic mass is 10.1. The van der Waals surface area contributed by atoms with Crippen LogP contribution in [-0.2, 0) is 14.6 Å². The first-order chi connectivity index (χ1) is 17.6. The third-order valence-corrected chi connectivity index (χ3v) is 7.33. The van der Waals surface area contributed by atoms with Crippen molar-refractivity contribution >= 4 is 38.3 Å². The number of nitrogens with one attached hydrogen (secondary N) is 1. The Morgan fingerprint density at radius 2 is 1.78 bits per heavy atom. The molecule has 1 amide bonds. The molecule has 0 bridgehead atoms. The van der Waals surface area contributed by atoms with Gasteiger partial charge in [-0.25, -0.2) is 8.42 Å². The van der Waals surface area contributed by atoms with Gasteiger partial charge in [0.15, 0.2) is 11.5 Å². The fourth-order valence-corrected chi connectivity index (χ4v) is 4.73. The van der Waals surface area contributed by atoms with Gasteiger partial charge in [0.05, 0.1) is 20.3 Å². The van der Waals surface area contributed by atoms with Gasteiger partial charge in [-0.05, 0) is 60.9 Å². The van der Waals surface area contributed by atoms with Crippen LogP contribution in [0.25, 0.3) is 6.08 Å². The minimum Gasteiger partial charge on any atom is -0.493 e. The smallest absolute Gasteiger partial charge is 0.268 e. The number of nitrogens with zero attached hydrogens (tertiary/aromatic N) is 3. The number of hydrogen-bond donors (Lipinski definition) is 1. The summed E-state index contributed by atoms with van der Waals surface area (Å²) in [5.41, 5.74) is 2.60. The molecule has 194 valence electrons. The number of rotatable bonds is 11. The zero-order valence-corrected chi connectivity index (χ0v) is 22.4. The third kappa shape index (κ3) is 8.03. The largest absolute Gasteiger partial charge is 0.493 e. The van der Waals surface area contributed by atoms with Crippen molar-refractivity contribution < 1.29 is 27.4 Å². The number of hydrogen-bond acceptors (Lipinski definition) is 10. The first-order valence-corrected chi connectivity index (χ1v) is 13.8. The lowest BCUT2D eigenvalue weighted by Crippen LogP contribution is -2.13. The Bertz CT molecular complexity index is 1440. The molecule has 3 aromatic rings. The Morgan fingerprint density at radius 1 is 1.08 bits per heavy atom. The van der Waals surface area contributed by atoms with Gasteiger partial charge in [-0.15, -0.1) is 10.2 Å². The number of aryl methyl sites for hydroxylation is 2. The van der Waals surface area contributed by atoms with E-state index in [0.717, 1.165) is 23.1 Å². The number of methoxy groups -OCH3 is 1. The molecule has 1 heterocycles. The minimum atomic E-state index is -3.55. The van der Waals surface area contributed by atoms with Crippen molar-refractivity contribution in [2.24, 2.45) is 0 Å². The van der Waals surface area contributed by atoms with E-state index in [9.17, 15) is 18.5 Å². The SMILES string of the molecule is COc1cc(C=C(C#N)C(=O)Nc2nnc(S(C)(=O)=O)s2)ccc1OCCCOc1cc(C)cc(C)c1. The first-order valence-electron chi connectivity index (χ1n) is 11.1. The number of nitriles is 1. The standard InChI is InChI=1S/C25H26N4O6S2/c1-16-10-17(2)12-20(11-16)34-8-5-9-35-21-7-6-18(14-22(21)33-3)13-19(15-26)23(30)27-24-28-29-25(36-24)37(4,31)32/h6-7,10-14H,5,8-9H2,1-4H3,(H,27,28,30). The van der Waals surface area contributed by atoms with Crippen LogP contribution in [0, 0.1) is 25.2 Å². The van der Waals surface area contributed by atoms with Crippen LogP contribution < -0.4 is 19.5 Å². The van der Waals surface area contributed by atoms with E-state index in [1.807, 2.05) is 32.0 Å². The number of sulfone groups is 1. The molecule has 0 aliphatic heterocycles. The molecule has 1 aromatic heterocycles. The first kappa shape index (κ1) is 27.6. The van der Waals surface area contributed by atoms with Gasteiger partial charge >= 0.3 is 0 Å². The molecule has 2 aromatic carbocycles. The highest BCUT2D eigenvalue weighted by Gasteiger charge is 2.17. The zero-order valence-electron chi connectivity index (χ0n) is 20.8. The summed E-state index contributed by atoms with van der Waals surface area (Å²) in [4.78, 5) is 12.5. The van der Waals surface area contributed by atoms with Crippen LogP contribution in [0.3, 0.4) is 0 Å². The summed E-state index contributed by atoms with van der Waals surface area (Å²) < 4.78 is 39.9. The van der Waals surface area contributed by atoms with Crippen LogP contribution >= 0.6 is 11.3 Å². The van der Waals surface area contributed by atoms with Gasteiger partial charge in [-0.1, -0.05) is 23.5 Å². The molecule has 0 atom stereocenters. The van der Waals surface area contributed by atoms with Gasteiger partial charge in [0, 0.05) is 12.7 Å². The quantitative estimate of drug-likeness (QED) is 0.165. The molecule has 0 saturated carbocycles. The lowest BCUT2D eigenvalue weighted by molar-refractivity contribution is -0.112. The second kappa shape index (κ2) is 12.3. The van der Waals surface area contributed by atoms with Crippen molar-refractivity contribution in [3.63, 3.8) is 0 Å². The number of ether oxygens (including phenoxy) is 3. The van der Waals surface area contributed by atoms with Crippen molar-refractivity contribution in [3.8, 4) is 23.3 Å². The van der Waals surface area contributed by atoms with Gasteiger partial charge in [0.1, 0.15) is 17.4 Å². The maximum absolute atomic E-state index is 12.5. The molecular weight excluding hydrogens is 516 g/mol. The maximum Gasteiger partial charge on any atom is 0.268 e. The number of anilines is 1. The summed E-state index contributed by atoms with van der Waals surface area (Å²) in [6.45, 7) is 4.94. The molecule has 1 N–H and O–H groups in total. The Hall–Kier alpha value is -3.95. The normalized spacial score (nSPS) is 11.5. The molecule has 0 unspecified atom stereocenters. The Morgan fingerprint density at radius 3 is 2.41 bits per heavy atom. The predicted molar refractivity (Wildman–Crippen MR) is 140 cm³/mol. The molecule has 0 spiro atoms. The van der Waals surface area contributed by atoms with E-state index in [1.165, 1.54) is 13.2 Å². The molecule has 0 radical (unpaired) electrons. The second-order valence-electron chi connectivity index (χ2n) is 8.05. The van der Waals surface area contributed by atoms with Crippen LogP contribution in [-0.4, -0.2) is 51.1 Å². The van der Waals surface area contributed by atoms with Gasteiger partial charge in [0.2, 0.25) is 19.3 Å². The van der Waals surface area contributed by atoms with E-state index in [1.54, 1.807) is 18.2 Å². The fraction of sp³-hybridized carbons (Fsp3) is 0.280. The van der Waals surface area contributed by atoms with E-state index >= 15 is 0 Å². The van der Waals surface area contributed by atoms with Crippen molar-refractivity contribution in [2.45, 2.75) is 24.6 Å². The van der Waals surface area contributed by atoms with Gasteiger partial charge in [-0.2, -0.15) is 5.26 Å². The van der Waals surface area contributed by atoms with Crippen molar-refractivity contribution in [3.05, 3.63) is 58.7 Å². The molecule has 0 fully saturated rings. The van der Waals surface area contributed by atoms with Crippen molar-refractivity contribution in [1.82, 2.24) is 10.2 Å². The molecule has 10 nitrogen and oxygen atoms in total. The summed E-state index contributed by atoms with van der Waals surface area (Å²) in [6.07, 6.45) is 3.02. The van der Waals surface area contributed by atoms with Crippen LogP contribution in [0.2, 0.25) is 0 Å². The summed E-state index contributed by atoms with van der Waals surface area (Å²) in [5, 5.41) is 19.0. The highest BCUT2D eigenvalue weighted by atomic mass is 32.2. The van der Waals surface area contributed by atoms with E-state index < -0.39 is 15.7 Å². The fourth-order valence-electron chi connectivity index (χ4n) is 3.23. The number of amides is 1. The van der Waals surface area contributed by atoms with Crippen LogP contribution in [0.1, 0.15) is 23.1 Å². The van der Waals surface area contributed by atoms with Crippen molar-refractivity contribution in [1.29, 1.82) is 5.26 Å². The monoisotopic (exact) mass is 542 g/mol. The minimum absolute atomic E-state index is 0.0329. The predicted octanol–water partition coefficient (Wildman–Crippen LogP) is 3.96. The third-order valence-electron chi connectivity index (χ3n) is 4.82. The number of aromatic nitrogens is 2. The second-order valence-corrected chi connectivity index (χ2v) is 11.2. The molecule has 0 aliphatic rings. The molecule has 12 heteroatoms. The van der Waals surface area contributed by atoms with E-state index in [4.69, 9.17) is 14.2 Å². The molecule has 0 aliphatic carbocycles. The molecule has 0 saturated heterocycles. The Labute approximate surface area is 219 Å². The molecular formula is C25H26N4O6S2.